The molecule has 1 saturated carbocycles. The Morgan fingerprint density at radius 1 is 1.60 bits per heavy atom. The minimum Gasteiger partial charge on any atom is -0.387 e. The minimum atomic E-state index is 0.631. The van der Waals surface area contributed by atoms with Crippen molar-refractivity contribution in [3.8, 4) is 0 Å². The predicted octanol–water partition coefficient (Wildman–Crippen LogP) is 1.55. The van der Waals surface area contributed by atoms with Gasteiger partial charge in [0.25, 0.3) is 0 Å². The second-order valence-electron chi connectivity index (χ2n) is 2.93. The molecule has 2 N–H and O–H groups in total. The Balaban J connectivity index is 2.23. The first-order valence-electron chi connectivity index (χ1n) is 4.14. The van der Waals surface area contributed by atoms with Crippen LogP contribution in [0.3, 0.4) is 0 Å². The Morgan fingerprint density at radius 3 is 2.70 bits per heavy atom. The third-order valence-electron chi connectivity index (χ3n) is 2.04. The third-order valence-corrected chi connectivity index (χ3v) is 2.04. The van der Waals surface area contributed by atoms with E-state index >= 15 is 0 Å². The standard InChI is InChI=1S/C8H16N2/c1-2-6-10-8(9)7-4-3-5-7/h7H,2-6H2,1H3,(H2,9,10). The molecule has 2 nitrogen and oxygen atoms in total. The summed E-state index contributed by atoms with van der Waals surface area (Å²) in [5.41, 5.74) is 5.72. The average molecular weight is 140 g/mol. The highest BCUT2D eigenvalue weighted by molar-refractivity contribution is 5.83. The van der Waals surface area contributed by atoms with Gasteiger partial charge in [0, 0.05) is 12.5 Å². The number of nitrogens with zero attached hydrogens (tertiary/aromatic N) is 1. The molecule has 0 aliphatic heterocycles. The molecule has 2 heteroatoms. The largest absolute Gasteiger partial charge is 0.387 e. The van der Waals surface area contributed by atoms with Gasteiger partial charge in [0.05, 0.1) is 5.84 Å². The van der Waals surface area contributed by atoms with Gasteiger partial charge in [-0.25, -0.2) is 0 Å². The third kappa shape index (κ3) is 1.72. The molecule has 0 aromatic rings. The van der Waals surface area contributed by atoms with E-state index in [0.717, 1.165) is 18.8 Å². The van der Waals surface area contributed by atoms with Gasteiger partial charge in [-0.2, -0.15) is 0 Å². The van der Waals surface area contributed by atoms with Gasteiger partial charge in [-0.05, 0) is 19.3 Å². The van der Waals surface area contributed by atoms with Crippen LogP contribution in [0, 0.1) is 5.92 Å². The predicted molar refractivity (Wildman–Crippen MR) is 44.1 cm³/mol. The molecule has 0 heterocycles. The molecule has 58 valence electrons. The molecule has 0 spiro atoms. The van der Waals surface area contributed by atoms with Gasteiger partial charge in [0.1, 0.15) is 0 Å². The Labute approximate surface area is 62.5 Å². The lowest BCUT2D eigenvalue weighted by atomic mass is 9.84. The van der Waals surface area contributed by atoms with E-state index in [1.54, 1.807) is 0 Å². The van der Waals surface area contributed by atoms with Crippen LogP contribution in [-0.2, 0) is 0 Å². The lowest BCUT2D eigenvalue weighted by molar-refractivity contribution is 0.410. The highest BCUT2D eigenvalue weighted by Crippen LogP contribution is 2.26. The number of nitrogens with two attached hydrogens (primary N) is 1. The van der Waals surface area contributed by atoms with E-state index < -0.39 is 0 Å². The van der Waals surface area contributed by atoms with Gasteiger partial charge in [-0.15, -0.1) is 0 Å². The molecule has 0 radical (unpaired) electrons. The fourth-order valence-electron chi connectivity index (χ4n) is 1.07. The molecule has 0 atom stereocenters. The number of rotatable bonds is 3. The maximum absolute atomic E-state index is 5.72. The van der Waals surface area contributed by atoms with Crippen LogP contribution in [0.4, 0.5) is 0 Å². The number of amidine groups is 1. The summed E-state index contributed by atoms with van der Waals surface area (Å²) in [4.78, 5) is 4.26. The van der Waals surface area contributed by atoms with Crippen LogP contribution < -0.4 is 5.73 Å². The zero-order chi connectivity index (χ0) is 7.40. The normalized spacial score (nSPS) is 20.7. The Kier molecular flexibility index (Phi) is 2.72. The van der Waals surface area contributed by atoms with Gasteiger partial charge < -0.3 is 5.73 Å². The van der Waals surface area contributed by atoms with Crippen molar-refractivity contribution in [3.05, 3.63) is 0 Å². The quantitative estimate of drug-likeness (QED) is 0.469. The summed E-state index contributed by atoms with van der Waals surface area (Å²) in [6.07, 6.45) is 4.97. The van der Waals surface area contributed by atoms with Crippen LogP contribution in [0.1, 0.15) is 32.6 Å². The zero-order valence-corrected chi connectivity index (χ0v) is 6.64. The van der Waals surface area contributed by atoms with Gasteiger partial charge >= 0.3 is 0 Å². The van der Waals surface area contributed by atoms with Crippen molar-refractivity contribution in [3.63, 3.8) is 0 Å². The first kappa shape index (κ1) is 7.58. The van der Waals surface area contributed by atoms with Crippen molar-refractivity contribution >= 4 is 5.84 Å². The fraction of sp³-hybridized carbons (Fsp3) is 0.875. The topological polar surface area (TPSA) is 38.4 Å². The molecule has 0 aromatic heterocycles. The van der Waals surface area contributed by atoms with Crippen molar-refractivity contribution in [2.24, 2.45) is 16.6 Å². The Hall–Kier alpha value is -0.530. The van der Waals surface area contributed by atoms with Crippen LogP contribution in [0.25, 0.3) is 0 Å². The average Bonchev–Trinajstić information content (AvgIpc) is 1.79. The Bertz CT molecular complexity index is 125. The fourth-order valence-corrected chi connectivity index (χ4v) is 1.07. The summed E-state index contributed by atoms with van der Waals surface area (Å²) in [7, 11) is 0. The molecular weight excluding hydrogens is 124 g/mol. The summed E-state index contributed by atoms with van der Waals surface area (Å²) >= 11 is 0. The molecule has 1 aliphatic carbocycles. The molecule has 0 aromatic carbocycles. The molecule has 1 fully saturated rings. The van der Waals surface area contributed by atoms with Crippen molar-refractivity contribution in [2.45, 2.75) is 32.6 Å². The highest BCUT2D eigenvalue weighted by Gasteiger charge is 2.20. The first-order valence-corrected chi connectivity index (χ1v) is 4.14. The van der Waals surface area contributed by atoms with Crippen LogP contribution >= 0.6 is 0 Å². The molecule has 1 aliphatic rings. The molecule has 0 unspecified atom stereocenters. The first-order chi connectivity index (χ1) is 4.84. The van der Waals surface area contributed by atoms with E-state index in [0.29, 0.717) is 5.92 Å². The van der Waals surface area contributed by atoms with Crippen molar-refractivity contribution in [1.82, 2.24) is 0 Å². The van der Waals surface area contributed by atoms with E-state index in [1.807, 2.05) is 0 Å². The second-order valence-corrected chi connectivity index (χ2v) is 2.93. The smallest absolute Gasteiger partial charge is 0.0968 e. The van der Waals surface area contributed by atoms with Crippen molar-refractivity contribution < 1.29 is 0 Å². The van der Waals surface area contributed by atoms with Gasteiger partial charge in [-0.3, -0.25) is 4.99 Å². The number of hydrogen-bond donors (Lipinski definition) is 1. The van der Waals surface area contributed by atoms with E-state index in [2.05, 4.69) is 11.9 Å². The maximum atomic E-state index is 5.72. The van der Waals surface area contributed by atoms with E-state index in [9.17, 15) is 0 Å². The zero-order valence-electron chi connectivity index (χ0n) is 6.64. The van der Waals surface area contributed by atoms with E-state index in [1.165, 1.54) is 19.3 Å². The molecule has 0 saturated heterocycles. The van der Waals surface area contributed by atoms with Gasteiger partial charge in [0.2, 0.25) is 0 Å². The van der Waals surface area contributed by atoms with E-state index in [-0.39, 0.29) is 0 Å². The summed E-state index contributed by atoms with van der Waals surface area (Å²) in [6.45, 7) is 3.03. The minimum absolute atomic E-state index is 0.631. The van der Waals surface area contributed by atoms with Gasteiger partial charge in [-0.1, -0.05) is 13.3 Å². The monoisotopic (exact) mass is 140 g/mol. The number of aliphatic imine (C=N–C) groups is 1. The van der Waals surface area contributed by atoms with Crippen LogP contribution in [0.15, 0.2) is 4.99 Å². The van der Waals surface area contributed by atoms with Crippen molar-refractivity contribution in [2.75, 3.05) is 6.54 Å². The molecule has 10 heavy (non-hydrogen) atoms. The summed E-state index contributed by atoms with van der Waals surface area (Å²) in [6, 6.07) is 0. The molecule has 1 rings (SSSR count). The molecule has 0 bridgehead atoms. The van der Waals surface area contributed by atoms with Crippen LogP contribution in [0.5, 0.6) is 0 Å². The lowest BCUT2D eigenvalue weighted by Crippen LogP contribution is -2.29. The number of hydrogen-bond acceptors (Lipinski definition) is 1. The molecule has 0 amide bonds. The van der Waals surface area contributed by atoms with Crippen LogP contribution in [-0.4, -0.2) is 12.4 Å². The Morgan fingerprint density at radius 2 is 2.30 bits per heavy atom. The lowest BCUT2D eigenvalue weighted by Gasteiger charge is -2.24. The highest BCUT2D eigenvalue weighted by atomic mass is 14.9. The van der Waals surface area contributed by atoms with Crippen LogP contribution in [0.2, 0.25) is 0 Å². The van der Waals surface area contributed by atoms with E-state index in [4.69, 9.17) is 5.73 Å². The van der Waals surface area contributed by atoms with Crippen molar-refractivity contribution in [1.29, 1.82) is 0 Å². The summed E-state index contributed by atoms with van der Waals surface area (Å²) in [5, 5.41) is 0. The SMILES string of the molecule is CCCN=C(N)C1CCC1. The maximum Gasteiger partial charge on any atom is 0.0968 e. The second kappa shape index (κ2) is 3.59. The summed E-state index contributed by atoms with van der Waals surface area (Å²) < 4.78 is 0. The summed E-state index contributed by atoms with van der Waals surface area (Å²) in [5.74, 6) is 1.53. The van der Waals surface area contributed by atoms with Gasteiger partial charge in [0.15, 0.2) is 0 Å². The molecular formula is C8H16N2.